The molecule has 22 heavy (non-hydrogen) atoms. The number of morpholine rings is 1. The summed E-state index contributed by atoms with van der Waals surface area (Å²) in [6.45, 7) is 2.84. The molecule has 0 spiro atoms. The van der Waals surface area contributed by atoms with Gasteiger partial charge in [0.05, 0.1) is 25.7 Å². The van der Waals surface area contributed by atoms with E-state index < -0.39 is 12.0 Å². The lowest BCUT2D eigenvalue weighted by Crippen LogP contribution is -2.49. The van der Waals surface area contributed by atoms with Crippen LogP contribution in [-0.4, -0.2) is 47.7 Å². The third-order valence-electron chi connectivity index (χ3n) is 3.94. The molecule has 0 saturated carbocycles. The van der Waals surface area contributed by atoms with Crippen LogP contribution < -0.4 is 0 Å². The molecule has 6 nitrogen and oxygen atoms in total. The Balaban J connectivity index is 1.93. The first kappa shape index (κ1) is 14.6. The number of fused-ring (bicyclic) bond motifs is 1. The number of carbonyl (C=O) groups excluding carboxylic acids is 1. The van der Waals surface area contributed by atoms with E-state index >= 15 is 0 Å². The van der Waals surface area contributed by atoms with E-state index in [0.29, 0.717) is 18.7 Å². The number of ether oxygens (including phenoxy) is 1. The van der Waals surface area contributed by atoms with Crippen molar-refractivity contribution in [2.24, 2.45) is 0 Å². The summed E-state index contributed by atoms with van der Waals surface area (Å²) in [4.78, 5) is 25.3. The van der Waals surface area contributed by atoms with Crippen molar-refractivity contribution in [1.82, 2.24) is 4.90 Å². The Morgan fingerprint density at radius 1 is 1.36 bits per heavy atom. The summed E-state index contributed by atoms with van der Waals surface area (Å²) in [5, 5.41) is 9.88. The lowest BCUT2D eigenvalue weighted by Gasteiger charge is -2.34. The van der Waals surface area contributed by atoms with E-state index in [9.17, 15) is 9.59 Å². The number of benzene rings is 1. The maximum atomic E-state index is 12.8. The van der Waals surface area contributed by atoms with Gasteiger partial charge in [-0.25, -0.2) is 0 Å². The van der Waals surface area contributed by atoms with Crippen molar-refractivity contribution >= 4 is 22.8 Å². The molecule has 1 fully saturated rings. The molecular formula is C16H17NO5. The first-order valence-electron chi connectivity index (χ1n) is 7.16. The number of aryl methyl sites for hydroxylation is 1. The van der Waals surface area contributed by atoms with E-state index in [1.165, 1.54) is 0 Å². The van der Waals surface area contributed by atoms with Crippen molar-refractivity contribution in [2.75, 3.05) is 19.8 Å². The fraction of sp³-hybridized carbons (Fsp3) is 0.375. The molecule has 1 unspecified atom stereocenters. The molecule has 1 aromatic carbocycles. The van der Waals surface area contributed by atoms with Crippen LogP contribution in [0.5, 0.6) is 0 Å². The van der Waals surface area contributed by atoms with Crippen LogP contribution in [-0.2, 0) is 9.53 Å². The number of carboxylic acid groups (broad SMARTS) is 1. The predicted molar refractivity (Wildman–Crippen MR) is 78.8 cm³/mol. The molecule has 1 aliphatic heterocycles. The second kappa shape index (κ2) is 5.81. The van der Waals surface area contributed by atoms with Gasteiger partial charge in [0.2, 0.25) is 0 Å². The Bertz CT molecular complexity index is 720. The van der Waals surface area contributed by atoms with Crippen molar-refractivity contribution in [3.8, 4) is 0 Å². The molecule has 1 N–H and O–H groups in total. The zero-order chi connectivity index (χ0) is 15.7. The van der Waals surface area contributed by atoms with Crippen LogP contribution in [0.3, 0.4) is 0 Å². The fourth-order valence-corrected chi connectivity index (χ4v) is 2.80. The van der Waals surface area contributed by atoms with Gasteiger partial charge < -0.3 is 19.2 Å². The summed E-state index contributed by atoms with van der Waals surface area (Å²) in [5.41, 5.74) is 1.44. The number of furan rings is 1. The Morgan fingerprint density at radius 3 is 2.86 bits per heavy atom. The van der Waals surface area contributed by atoms with Crippen molar-refractivity contribution in [1.29, 1.82) is 0 Å². The maximum absolute atomic E-state index is 12.8. The Morgan fingerprint density at radius 2 is 2.14 bits per heavy atom. The van der Waals surface area contributed by atoms with Crippen LogP contribution in [0.15, 0.2) is 28.7 Å². The molecule has 0 radical (unpaired) electrons. The summed E-state index contributed by atoms with van der Waals surface area (Å²) in [7, 11) is 0. The predicted octanol–water partition coefficient (Wildman–Crippen LogP) is 2.06. The van der Waals surface area contributed by atoms with E-state index in [0.717, 1.165) is 10.9 Å². The minimum Gasteiger partial charge on any atom is -0.481 e. The molecule has 2 heterocycles. The van der Waals surface area contributed by atoms with Gasteiger partial charge in [-0.05, 0) is 13.0 Å². The van der Waals surface area contributed by atoms with Crippen molar-refractivity contribution in [2.45, 2.75) is 19.4 Å². The summed E-state index contributed by atoms with van der Waals surface area (Å²) in [5.74, 6) is -0.948. The molecule has 1 aliphatic rings. The Labute approximate surface area is 127 Å². The molecule has 0 bridgehead atoms. The normalized spacial score (nSPS) is 18.6. The van der Waals surface area contributed by atoms with Gasteiger partial charge in [0.25, 0.3) is 5.91 Å². The number of rotatable bonds is 3. The zero-order valence-corrected chi connectivity index (χ0v) is 12.2. The topological polar surface area (TPSA) is 80.0 Å². The minimum atomic E-state index is -0.949. The molecule has 1 aromatic heterocycles. The van der Waals surface area contributed by atoms with Crippen LogP contribution in [0.2, 0.25) is 0 Å². The van der Waals surface area contributed by atoms with E-state index in [1.54, 1.807) is 4.90 Å². The Hall–Kier alpha value is -2.34. The SMILES string of the molecule is Cc1c(C(=O)N2CCOCC2CC(=O)O)oc2ccccc12. The van der Waals surface area contributed by atoms with E-state index in [4.69, 9.17) is 14.3 Å². The highest BCUT2D eigenvalue weighted by Gasteiger charge is 2.32. The highest BCUT2D eigenvalue weighted by molar-refractivity contribution is 5.99. The third-order valence-corrected chi connectivity index (χ3v) is 3.94. The van der Waals surface area contributed by atoms with Crippen molar-refractivity contribution in [3.05, 3.63) is 35.6 Å². The van der Waals surface area contributed by atoms with E-state index in [2.05, 4.69) is 0 Å². The standard InChI is InChI=1S/C16H17NO5/c1-10-12-4-2-3-5-13(12)22-15(10)16(20)17-6-7-21-9-11(17)8-14(18)19/h2-5,11H,6-9H2,1H3,(H,18,19). The number of hydrogen-bond donors (Lipinski definition) is 1. The number of carboxylic acids is 1. The minimum absolute atomic E-state index is 0.134. The third kappa shape index (κ3) is 2.57. The second-order valence-electron chi connectivity index (χ2n) is 5.38. The number of aliphatic carboxylic acids is 1. The number of nitrogens with zero attached hydrogens (tertiary/aromatic N) is 1. The second-order valence-corrected chi connectivity index (χ2v) is 5.38. The van der Waals surface area contributed by atoms with Crippen LogP contribution in [0.4, 0.5) is 0 Å². The van der Waals surface area contributed by atoms with Crippen molar-refractivity contribution in [3.63, 3.8) is 0 Å². The lowest BCUT2D eigenvalue weighted by molar-refractivity contribution is -0.139. The summed E-state index contributed by atoms with van der Waals surface area (Å²) in [6.07, 6.45) is -0.134. The Kier molecular flexibility index (Phi) is 3.85. The van der Waals surface area contributed by atoms with Gasteiger partial charge in [0.1, 0.15) is 5.58 Å². The molecular weight excluding hydrogens is 286 g/mol. The average Bonchev–Trinajstić information content (AvgIpc) is 2.84. The molecule has 1 amide bonds. The monoisotopic (exact) mass is 303 g/mol. The molecule has 116 valence electrons. The summed E-state index contributed by atoms with van der Waals surface area (Å²) in [6, 6.07) is 6.99. The molecule has 6 heteroatoms. The molecule has 2 aromatic rings. The maximum Gasteiger partial charge on any atom is 0.305 e. The first-order chi connectivity index (χ1) is 10.6. The molecule has 1 saturated heterocycles. The quantitative estimate of drug-likeness (QED) is 0.938. The van der Waals surface area contributed by atoms with E-state index in [1.807, 2.05) is 31.2 Å². The van der Waals surface area contributed by atoms with Crippen LogP contribution in [0, 0.1) is 6.92 Å². The van der Waals surface area contributed by atoms with Gasteiger partial charge >= 0.3 is 5.97 Å². The summed E-state index contributed by atoms with van der Waals surface area (Å²) >= 11 is 0. The van der Waals surface area contributed by atoms with Gasteiger partial charge in [0, 0.05) is 17.5 Å². The van der Waals surface area contributed by atoms with Crippen molar-refractivity contribution < 1.29 is 23.8 Å². The first-order valence-corrected chi connectivity index (χ1v) is 7.16. The van der Waals surface area contributed by atoms with Crippen LogP contribution in [0.25, 0.3) is 11.0 Å². The van der Waals surface area contributed by atoms with Crippen LogP contribution in [0.1, 0.15) is 22.5 Å². The highest BCUT2D eigenvalue weighted by atomic mass is 16.5. The highest BCUT2D eigenvalue weighted by Crippen LogP contribution is 2.27. The number of amides is 1. The summed E-state index contributed by atoms with van der Waals surface area (Å²) < 4.78 is 11.0. The van der Waals surface area contributed by atoms with Gasteiger partial charge in [-0.15, -0.1) is 0 Å². The van der Waals surface area contributed by atoms with E-state index in [-0.39, 0.29) is 24.7 Å². The molecule has 0 aliphatic carbocycles. The fourth-order valence-electron chi connectivity index (χ4n) is 2.80. The number of hydrogen-bond acceptors (Lipinski definition) is 4. The van der Waals surface area contributed by atoms with Gasteiger partial charge in [-0.2, -0.15) is 0 Å². The lowest BCUT2D eigenvalue weighted by atomic mass is 10.1. The van der Waals surface area contributed by atoms with Crippen LogP contribution >= 0.6 is 0 Å². The average molecular weight is 303 g/mol. The van der Waals surface area contributed by atoms with Gasteiger partial charge in [-0.1, -0.05) is 18.2 Å². The zero-order valence-electron chi connectivity index (χ0n) is 12.2. The molecule has 1 atom stereocenters. The smallest absolute Gasteiger partial charge is 0.305 e. The number of carbonyl (C=O) groups is 2. The largest absolute Gasteiger partial charge is 0.481 e. The number of para-hydroxylation sites is 1. The van der Waals surface area contributed by atoms with Gasteiger partial charge in [-0.3, -0.25) is 9.59 Å². The molecule has 3 rings (SSSR count). The van der Waals surface area contributed by atoms with Gasteiger partial charge in [0.15, 0.2) is 5.76 Å².